The number of ether oxygens (including phenoxy) is 1. The first-order chi connectivity index (χ1) is 8.10. The second-order valence-corrected chi connectivity index (χ2v) is 5.75. The molecule has 1 unspecified atom stereocenters. The molecule has 0 bridgehead atoms. The topological polar surface area (TPSA) is 79.2 Å². The number of hydrogen-bond donors (Lipinski definition) is 1. The van der Waals surface area contributed by atoms with Gasteiger partial charge in [0.2, 0.25) is 5.91 Å². The molecule has 0 aromatic rings. The maximum Gasteiger partial charge on any atom is 0.240 e. The summed E-state index contributed by atoms with van der Waals surface area (Å²) in [6, 6.07) is 2.11. The third-order valence-electron chi connectivity index (χ3n) is 2.89. The van der Waals surface area contributed by atoms with Gasteiger partial charge in [0.15, 0.2) is 0 Å². The molecule has 96 valence electrons. The van der Waals surface area contributed by atoms with E-state index >= 15 is 0 Å². The summed E-state index contributed by atoms with van der Waals surface area (Å²) < 4.78 is 16.0. The Morgan fingerprint density at radius 2 is 2.18 bits per heavy atom. The van der Waals surface area contributed by atoms with Crippen molar-refractivity contribution in [2.75, 3.05) is 31.8 Å². The SMILES string of the molecule is CS(=O)CCCNC(=O)C1(C#N)CCOCC1. The predicted octanol–water partition coefficient (Wildman–Crippen LogP) is 0.192. The molecular weight excluding hydrogens is 240 g/mol. The van der Waals surface area contributed by atoms with Gasteiger partial charge in [-0.2, -0.15) is 5.26 Å². The lowest BCUT2D eigenvalue weighted by atomic mass is 9.81. The molecule has 6 heteroatoms. The zero-order chi connectivity index (χ0) is 12.7. The monoisotopic (exact) mass is 258 g/mol. The van der Waals surface area contributed by atoms with Crippen molar-refractivity contribution in [3.8, 4) is 6.07 Å². The second-order valence-electron chi connectivity index (χ2n) is 4.19. The molecule has 1 N–H and O–H groups in total. The van der Waals surface area contributed by atoms with Crippen LogP contribution in [0.5, 0.6) is 0 Å². The van der Waals surface area contributed by atoms with Crippen LogP contribution in [-0.4, -0.2) is 41.9 Å². The highest BCUT2D eigenvalue weighted by atomic mass is 32.2. The summed E-state index contributed by atoms with van der Waals surface area (Å²) >= 11 is 0. The number of carbonyl (C=O) groups is 1. The average molecular weight is 258 g/mol. The number of carbonyl (C=O) groups excluding carboxylic acids is 1. The lowest BCUT2D eigenvalue weighted by Gasteiger charge is -2.29. The quantitative estimate of drug-likeness (QED) is 0.714. The number of hydrogen-bond acceptors (Lipinski definition) is 4. The highest BCUT2D eigenvalue weighted by Gasteiger charge is 2.40. The first-order valence-electron chi connectivity index (χ1n) is 5.68. The Balaban J connectivity index is 2.39. The van der Waals surface area contributed by atoms with Crippen LogP contribution in [0.4, 0.5) is 0 Å². The molecule has 0 spiro atoms. The highest BCUT2D eigenvalue weighted by Crippen LogP contribution is 2.29. The number of amides is 1. The molecule has 0 aromatic carbocycles. The van der Waals surface area contributed by atoms with Crippen LogP contribution in [0.2, 0.25) is 0 Å². The molecule has 1 aliphatic heterocycles. The van der Waals surface area contributed by atoms with Crippen molar-refractivity contribution < 1.29 is 13.7 Å². The standard InChI is InChI=1S/C11H18N2O3S/c1-17(15)8-2-5-13-10(14)11(9-12)3-6-16-7-4-11/h2-8H2,1H3,(H,13,14). The van der Waals surface area contributed by atoms with Crippen molar-refractivity contribution in [2.24, 2.45) is 5.41 Å². The summed E-state index contributed by atoms with van der Waals surface area (Å²) in [4.78, 5) is 11.9. The molecule has 1 saturated heterocycles. The zero-order valence-electron chi connectivity index (χ0n) is 10.0. The zero-order valence-corrected chi connectivity index (χ0v) is 10.8. The van der Waals surface area contributed by atoms with Crippen LogP contribution < -0.4 is 5.32 Å². The molecule has 17 heavy (non-hydrogen) atoms. The predicted molar refractivity (Wildman–Crippen MR) is 64.7 cm³/mol. The smallest absolute Gasteiger partial charge is 0.240 e. The molecule has 0 saturated carbocycles. The van der Waals surface area contributed by atoms with Crippen LogP contribution in [0.25, 0.3) is 0 Å². The van der Waals surface area contributed by atoms with E-state index in [1.807, 2.05) is 0 Å². The molecule has 1 fully saturated rings. The third kappa shape index (κ3) is 4.10. The number of nitrogens with zero attached hydrogens (tertiary/aromatic N) is 1. The van der Waals surface area contributed by atoms with E-state index in [1.165, 1.54) is 0 Å². The normalized spacial score (nSPS) is 20.2. The van der Waals surface area contributed by atoms with Crippen LogP contribution in [0, 0.1) is 16.7 Å². The van der Waals surface area contributed by atoms with Crippen LogP contribution in [0.3, 0.4) is 0 Å². The van der Waals surface area contributed by atoms with Crippen LogP contribution in [0.15, 0.2) is 0 Å². The Labute approximate surface area is 104 Å². The van der Waals surface area contributed by atoms with Crippen molar-refractivity contribution in [3.63, 3.8) is 0 Å². The van der Waals surface area contributed by atoms with Crippen molar-refractivity contribution >= 4 is 16.7 Å². The molecule has 5 nitrogen and oxygen atoms in total. The molecule has 1 aliphatic rings. The van der Waals surface area contributed by atoms with Crippen molar-refractivity contribution in [2.45, 2.75) is 19.3 Å². The number of nitrogens with one attached hydrogen (secondary N) is 1. The Hall–Kier alpha value is -0.930. The fraction of sp³-hybridized carbons (Fsp3) is 0.818. The molecule has 1 amide bonds. The maximum atomic E-state index is 11.9. The summed E-state index contributed by atoms with van der Waals surface area (Å²) in [6.45, 7) is 1.39. The van der Waals surface area contributed by atoms with Crippen molar-refractivity contribution in [1.29, 1.82) is 5.26 Å². The fourth-order valence-corrected chi connectivity index (χ4v) is 2.31. The molecule has 1 heterocycles. The minimum Gasteiger partial charge on any atom is -0.381 e. The summed E-state index contributed by atoms with van der Waals surface area (Å²) in [7, 11) is -0.834. The molecule has 0 aliphatic carbocycles. The summed E-state index contributed by atoms with van der Waals surface area (Å²) in [6.07, 6.45) is 3.22. The van der Waals surface area contributed by atoms with Gasteiger partial charge in [0.25, 0.3) is 0 Å². The van der Waals surface area contributed by atoms with Gasteiger partial charge in [-0.15, -0.1) is 0 Å². The van der Waals surface area contributed by atoms with Gasteiger partial charge in [-0.25, -0.2) is 0 Å². The van der Waals surface area contributed by atoms with Gasteiger partial charge in [0, 0.05) is 42.6 Å². The third-order valence-corrected chi connectivity index (χ3v) is 3.75. The van der Waals surface area contributed by atoms with Gasteiger partial charge >= 0.3 is 0 Å². The van der Waals surface area contributed by atoms with Crippen molar-refractivity contribution in [1.82, 2.24) is 5.32 Å². The Morgan fingerprint density at radius 1 is 1.53 bits per heavy atom. The minimum absolute atomic E-state index is 0.217. The van der Waals surface area contributed by atoms with Gasteiger partial charge in [0.1, 0.15) is 5.41 Å². The molecule has 1 rings (SSSR count). The van der Waals surface area contributed by atoms with Gasteiger partial charge < -0.3 is 10.1 Å². The van der Waals surface area contributed by atoms with E-state index in [9.17, 15) is 9.00 Å². The van der Waals surface area contributed by atoms with E-state index in [2.05, 4.69) is 11.4 Å². The first-order valence-corrected chi connectivity index (χ1v) is 7.41. The van der Waals surface area contributed by atoms with Gasteiger partial charge in [-0.3, -0.25) is 9.00 Å². The minimum atomic E-state index is -0.927. The Bertz CT molecular complexity index is 332. The van der Waals surface area contributed by atoms with Gasteiger partial charge in [0.05, 0.1) is 6.07 Å². The lowest BCUT2D eigenvalue weighted by molar-refractivity contribution is -0.132. The largest absolute Gasteiger partial charge is 0.381 e. The van der Waals surface area contributed by atoms with Crippen molar-refractivity contribution in [3.05, 3.63) is 0 Å². The average Bonchev–Trinajstić information content (AvgIpc) is 2.35. The van der Waals surface area contributed by atoms with E-state index in [0.29, 0.717) is 44.8 Å². The van der Waals surface area contributed by atoms with Crippen LogP contribution in [0.1, 0.15) is 19.3 Å². The van der Waals surface area contributed by atoms with Gasteiger partial charge in [-0.05, 0) is 19.3 Å². The van der Waals surface area contributed by atoms with E-state index in [1.54, 1.807) is 6.26 Å². The summed E-state index contributed by atoms with van der Waals surface area (Å²) in [5.41, 5.74) is -0.927. The van der Waals surface area contributed by atoms with E-state index in [0.717, 1.165) is 0 Å². The van der Waals surface area contributed by atoms with Crippen LogP contribution >= 0.6 is 0 Å². The van der Waals surface area contributed by atoms with E-state index in [4.69, 9.17) is 10.00 Å². The van der Waals surface area contributed by atoms with E-state index < -0.39 is 16.2 Å². The number of nitriles is 1. The van der Waals surface area contributed by atoms with Crippen LogP contribution in [-0.2, 0) is 20.3 Å². The Kier molecular flexibility index (Phi) is 5.59. The van der Waals surface area contributed by atoms with Gasteiger partial charge in [-0.1, -0.05) is 0 Å². The molecular formula is C11H18N2O3S. The maximum absolute atomic E-state index is 11.9. The molecule has 0 radical (unpaired) electrons. The fourth-order valence-electron chi connectivity index (χ4n) is 1.76. The summed E-state index contributed by atoms with van der Waals surface area (Å²) in [5.74, 6) is 0.355. The second kappa shape index (κ2) is 6.72. The number of rotatable bonds is 5. The first kappa shape index (κ1) is 14.1. The molecule has 1 atom stereocenters. The highest BCUT2D eigenvalue weighted by molar-refractivity contribution is 7.84. The summed E-state index contributed by atoms with van der Waals surface area (Å²) in [5, 5.41) is 11.9. The molecule has 0 aromatic heterocycles. The Morgan fingerprint density at radius 3 is 2.71 bits per heavy atom. The van der Waals surface area contributed by atoms with E-state index in [-0.39, 0.29) is 5.91 Å². The lowest BCUT2D eigenvalue weighted by Crippen LogP contribution is -2.44.